The van der Waals surface area contributed by atoms with E-state index in [2.05, 4.69) is 31.5 Å². The number of amides is 1. The highest BCUT2D eigenvalue weighted by Crippen LogP contribution is 2.23. The van der Waals surface area contributed by atoms with Crippen molar-refractivity contribution < 1.29 is 4.79 Å². The van der Waals surface area contributed by atoms with Crippen LogP contribution < -0.4 is 10.6 Å². The van der Waals surface area contributed by atoms with E-state index in [4.69, 9.17) is 5.41 Å². The van der Waals surface area contributed by atoms with Crippen molar-refractivity contribution in [3.63, 3.8) is 0 Å². The van der Waals surface area contributed by atoms with Crippen LogP contribution in [0.3, 0.4) is 0 Å². The molecule has 1 aliphatic carbocycles. The van der Waals surface area contributed by atoms with Gasteiger partial charge in [-0.2, -0.15) is 0 Å². The first-order chi connectivity index (χ1) is 12.1. The third-order valence-corrected chi connectivity index (χ3v) is 4.41. The van der Waals surface area contributed by atoms with Gasteiger partial charge in [0.25, 0.3) is 5.91 Å². The van der Waals surface area contributed by atoms with Gasteiger partial charge in [0, 0.05) is 40.3 Å². The molecule has 1 aromatic heterocycles. The second-order valence-corrected chi connectivity index (χ2v) is 6.97. The topological polar surface area (TPSA) is 77.9 Å². The van der Waals surface area contributed by atoms with Crippen LogP contribution in [-0.2, 0) is 0 Å². The van der Waals surface area contributed by atoms with Crippen molar-refractivity contribution in [1.82, 2.24) is 10.3 Å². The Balaban J connectivity index is 1.84. The first-order valence-corrected chi connectivity index (χ1v) is 8.86. The maximum atomic E-state index is 12.3. The van der Waals surface area contributed by atoms with Gasteiger partial charge in [-0.05, 0) is 65.0 Å². The second kappa shape index (κ2) is 7.61. The minimum atomic E-state index is -0.0581. The highest BCUT2D eigenvalue weighted by atomic mass is 79.9. The van der Waals surface area contributed by atoms with Gasteiger partial charge in [-0.15, -0.1) is 0 Å². The number of hydrogen-bond acceptors (Lipinski definition) is 4. The molecular weight excluding hydrogens is 380 g/mol. The predicted molar refractivity (Wildman–Crippen MR) is 104 cm³/mol. The molecule has 6 heteroatoms. The molecule has 5 nitrogen and oxygen atoms in total. The number of benzene rings is 1. The van der Waals surface area contributed by atoms with E-state index in [9.17, 15) is 4.79 Å². The fourth-order valence-corrected chi connectivity index (χ4v) is 2.78. The lowest BCUT2D eigenvalue weighted by molar-refractivity contribution is 0.0951. The SMILES string of the molecule is Cc1ccc(C(=O)NC2CC2)cc1/C(C=N)=C/Nc1cncc(Br)c1. The van der Waals surface area contributed by atoms with Crippen molar-refractivity contribution in [3.8, 4) is 0 Å². The molecule has 1 heterocycles. The lowest BCUT2D eigenvalue weighted by atomic mass is 9.98. The highest BCUT2D eigenvalue weighted by Gasteiger charge is 2.24. The number of allylic oxidation sites excluding steroid dienone is 1. The largest absolute Gasteiger partial charge is 0.360 e. The number of aromatic nitrogens is 1. The molecule has 1 fully saturated rings. The van der Waals surface area contributed by atoms with Gasteiger partial charge in [-0.25, -0.2) is 0 Å². The van der Waals surface area contributed by atoms with Crippen LogP contribution in [0.5, 0.6) is 0 Å². The Morgan fingerprint density at radius 2 is 2.12 bits per heavy atom. The molecule has 3 N–H and O–H groups in total. The van der Waals surface area contributed by atoms with E-state index in [1.54, 1.807) is 18.6 Å². The molecule has 0 saturated heterocycles. The fraction of sp³-hybridized carbons (Fsp3) is 0.211. The Kier molecular flexibility index (Phi) is 5.28. The Morgan fingerprint density at radius 1 is 1.32 bits per heavy atom. The van der Waals surface area contributed by atoms with Crippen LogP contribution in [0.15, 0.2) is 47.3 Å². The molecular formula is C19H19BrN4O. The monoisotopic (exact) mass is 398 g/mol. The summed E-state index contributed by atoms with van der Waals surface area (Å²) in [5.74, 6) is -0.0581. The summed E-state index contributed by atoms with van der Waals surface area (Å²) in [7, 11) is 0. The summed E-state index contributed by atoms with van der Waals surface area (Å²) in [4.78, 5) is 16.4. The summed E-state index contributed by atoms with van der Waals surface area (Å²) in [6.45, 7) is 1.97. The van der Waals surface area contributed by atoms with Crippen LogP contribution in [0.2, 0.25) is 0 Å². The van der Waals surface area contributed by atoms with Gasteiger partial charge in [0.05, 0.1) is 11.9 Å². The lowest BCUT2D eigenvalue weighted by Gasteiger charge is -2.11. The number of pyridine rings is 1. The maximum Gasteiger partial charge on any atom is 0.251 e. The molecule has 1 saturated carbocycles. The van der Waals surface area contributed by atoms with E-state index in [1.807, 2.05) is 31.2 Å². The molecule has 25 heavy (non-hydrogen) atoms. The average Bonchev–Trinajstić information content (AvgIpc) is 3.41. The number of anilines is 1. The molecule has 2 aromatic rings. The van der Waals surface area contributed by atoms with Crippen molar-refractivity contribution in [1.29, 1.82) is 5.41 Å². The molecule has 0 radical (unpaired) electrons. The van der Waals surface area contributed by atoms with Crippen LogP contribution >= 0.6 is 15.9 Å². The fourth-order valence-electron chi connectivity index (χ4n) is 2.42. The number of nitrogens with one attached hydrogen (secondary N) is 3. The van der Waals surface area contributed by atoms with E-state index >= 15 is 0 Å². The Labute approximate surface area is 155 Å². The lowest BCUT2D eigenvalue weighted by Crippen LogP contribution is -2.25. The number of hydrogen-bond donors (Lipinski definition) is 3. The van der Waals surface area contributed by atoms with Crippen molar-refractivity contribution in [2.24, 2.45) is 0 Å². The zero-order chi connectivity index (χ0) is 17.8. The number of rotatable bonds is 6. The Hall–Kier alpha value is -2.47. The molecule has 0 bridgehead atoms. The van der Waals surface area contributed by atoms with E-state index in [1.165, 1.54) is 6.21 Å². The molecule has 0 spiro atoms. The molecule has 0 unspecified atom stereocenters. The van der Waals surface area contributed by atoms with Crippen molar-refractivity contribution in [2.45, 2.75) is 25.8 Å². The normalized spacial score (nSPS) is 14.1. The predicted octanol–water partition coefficient (Wildman–Crippen LogP) is 4.15. The molecule has 0 aliphatic heterocycles. The smallest absolute Gasteiger partial charge is 0.251 e. The first-order valence-electron chi connectivity index (χ1n) is 8.06. The molecule has 128 valence electrons. The quantitative estimate of drug-likeness (QED) is 0.639. The summed E-state index contributed by atoms with van der Waals surface area (Å²) >= 11 is 3.38. The van der Waals surface area contributed by atoms with E-state index < -0.39 is 0 Å². The van der Waals surface area contributed by atoms with Crippen molar-refractivity contribution in [2.75, 3.05) is 5.32 Å². The number of carbonyl (C=O) groups is 1. The average molecular weight is 399 g/mol. The molecule has 1 aromatic carbocycles. The van der Waals surface area contributed by atoms with Gasteiger partial charge < -0.3 is 16.0 Å². The van der Waals surface area contributed by atoms with Gasteiger partial charge >= 0.3 is 0 Å². The highest BCUT2D eigenvalue weighted by molar-refractivity contribution is 9.10. The number of nitrogens with zero attached hydrogens (tertiary/aromatic N) is 1. The summed E-state index contributed by atoms with van der Waals surface area (Å²) in [5.41, 5.74) is 3.98. The summed E-state index contributed by atoms with van der Waals surface area (Å²) < 4.78 is 0.872. The van der Waals surface area contributed by atoms with Gasteiger partial charge in [-0.1, -0.05) is 6.07 Å². The van der Waals surface area contributed by atoms with Crippen LogP contribution in [0.25, 0.3) is 5.57 Å². The van der Waals surface area contributed by atoms with Crippen molar-refractivity contribution in [3.05, 3.63) is 64.0 Å². The van der Waals surface area contributed by atoms with E-state index in [-0.39, 0.29) is 5.91 Å². The zero-order valence-corrected chi connectivity index (χ0v) is 15.4. The second-order valence-electron chi connectivity index (χ2n) is 6.06. The third-order valence-electron chi connectivity index (χ3n) is 3.98. The maximum absolute atomic E-state index is 12.3. The zero-order valence-electron chi connectivity index (χ0n) is 13.8. The Morgan fingerprint density at radius 3 is 2.80 bits per heavy atom. The summed E-state index contributed by atoms with van der Waals surface area (Å²) in [6, 6.07) is 7.79. The van der Waals surface area contributed by atoms with Crippen LogP contribution in [0.4, 0.5) is 5.69 Å². The van der Waals surface area contributed by atoms with Gasteiger partial charge in [0.1, 0.15) is 0 Å². The molecule has 3 rings (SSSR count). The summed E-state index contributed by atoms with van der Waals surface area (Å²) in [5, 5.41) is 13.9. The standard InChI is InChI=1S/C19H19BrN4O/c1-12-2-3-13(19(25)24-16-4-5-16)6-18(12)14(8-21)9-23-17-7-15(20)10-22-11-17/h2-3,6-11,16,21,23H,4-5H2,1H3,(H,24,25)/b14-9+,21-8?. The Bertz CT molecular complexity index is 843. The van der Waals surface area contributed by atoms with Gasteiger partial charge in [-0.3, -0.25) is 9.78 Å². The van der Waals surface area contributed by atoms with Crippen LogP contribution in [0, 0.1) is 12.3 Å². The van der Waals surface area contributed by atoms with Crippen LogP contribution in [-0.4, -0.2) is 23.1 Å². The third kappa shape index (κ3) is 4.54. The van der Waals surface area contributed by atoms with Crippen molar-refractivity contribution >= 4 is 39.3 Å². The van der Waals surface area contributed by atoms with E-state index in [0.717, 1.165) is 34.1 Å². The van der Waals surface area contributed by atoms with Crippen LogP contribution in [0.1, 0.15) is 34.3 Å². The molecule has 0 atom stereocenters. The first kappa shape index (κ1) is 17.4. The molecule has 1 amide bonds. The van der Waals surface area contributed by atoms with Gasteiger partial charge in [0.15, 0.2) is 0 Å². The van der Waals surface area contributed by atoms with Gasteiger partial charge in [0.2, 0.25) is 0 Å². The number of carbonyl (C=O) groups excluding carboxylic acids is 1. The summed E-state index contributed by atoms with van der Waals surface area (Å²) in [6.07, 6.45) is 8.56. The number of aryl methyl sites for hydroxylation is 1. The van der Waals surface area contributed by atoms with E-state index in [0.29, 0.717) is 17.2 Å². The minimum absolute atomic E-state index is 0.0581. The number of halogens is 1. The minimum Gasteiger partial charge on any atom is -0.360 e. The molecule has 1 aliphatic rings.